The van der Waals surface area contributed by atoms with Gasteiger partial charge in [-0.3, -0.25) is 9.59 Å². The molecule has 0 atom stereocenters. The van der Waals surface area contributed by atoms with Crippen LogP contribution < -0.4 is 0 Å². The van der Waals surface area contributed by atoms with E-state index in [0.29, 0.717) is 10.6 Å². The van der Waals surface area contributed by atoms with Crippen LogP contribution in [0, 0.1) is 23.2 Å². The van der Waals surface area contributed by atoms with Gasteiger partial charge in [0.15, 0.2) is 0 Å². The molecule has 0 heterocycles. The number of halogens is 1. The number of nitrogens with zero attached hydrogens (tertiary/aromatic N) is 1. The van der Waals surface area contributed by atoms with Gasteiger partial charge in [0.25, 0.3) is 0 Å². The van der Waals surface area contributed by atoms with Crippen molar-refractivity contribution in [3.05, 3.63) is 34.9 Å². The Kier molecular flexibility index (Phi) is 8.60. The molecule has 6 heteroatoms. The predicted molar refractivity (Wildman–Crippen MR) is 99.6 cm³/mol. The highest BCUT2D eigenvalue weighted by Crippen LogP contribution is 2.33. The van der Waals surface area contributed by atoms with Gasteiger partial charge in [0.2, 0.25) is 0 Å². The molecule has 0 aliphatic heterocycles. The summed E-state index contributed by atoms with van der Waals surface area (Å²) >= 11 is 5.92. The highest BCUT2D eigenvalue weighted by atomic mass is 35.5. The first kappa shape index (κ1) is 22.0. The maximum atomic E-state index is 12.3. The minimum atomic E-state index is -1.35. The SMILES string of the molecule is CC(C)COC(=O)CC(C#N)(CC(=O)OCC(C)C)c1ccc(Cl)cc1. The van der Waals surface area contributed by atoms with Crippen LogP contribution in [0.1, 0.15) is 46.1 Å². The Morgan fingerprint density at radius 1 is 1.00 bits per heavy atom. The number of esters is 2. The minimum Gasteiger partial charge on any atom is -0.465 e. The first-order chi connectivity index (χ1) is 12.2. The molecular formula is C20H26ClNO4. The lowest BCUT2D eigenvalue weighted by Crippen LogP contribution is -2.33. The van der Waals surface area contributed by atoms with Gasteiger partial charge in [0.05, 0.1) is 32.1 Å². The number of nitriles is 1. The quantitative estimate of drug-likeness (QED) is 0.598. The topological polar surface area (TPSA) is 76.4 Å². The number of carbonyl (C=O) groups is 2. The molecule has 142 valence electrons. The fourth-order valence-electron chi connectivity index (χ4n) is 2.29. The molecule has 1 aromatic rings. The molecule has 26 heavy (non-hydrogen) atoms. The van der Waals surface area contributed by atoms with Crippen molar-refractivity contribution in [3.8, 4) is 6.07 Å². The van der Waals surface area contributed by atoms with Crippen molar-refractivity contribution in [2.45, 2.75) is 46.0 Å². The van der Waals surface area contributed by atoms with Crippen LogP contribution in [0.4, 0.5) is 0 Å². The first-order valence-corrected chi connectivity index (χ1v) is 9.05. The van der Waals surface area contributed by atoms with E-state index in [0.717, 1.165) is 0 Å². The summed E-state index contributed by atoms with van der Waals surface area (Å²) in [4.78, 5) is 24.5. The van der Waals surface area contributed by atoms with E-state index in [9.17, 15) is 14.9 Å². The van der Waals surface area contributed by atoms with E-state index < -0.39 is 17.4 Å². The van der Waals surface area contributed by atoms with Crippen LogP contribution in [0.3, 0.4) is 0 Å². The zero-order chi connectivity index (χ0) is 19.7. The first-order valence-electron chi connectivity index (χ1n) is 8.67. The molecule has 0 radical (unpaired) electrons. The third kappa shape index (κ3) is 7.05. The molecule has 5 nitrogen and oxygen atoms in total. The van der Waals surface area contributed by atoms with Gasteiger partial charge in [-0.1, -0.05) is 51.4 Å². The Morgan fingerprint density at radius 2 is 1.42 bits per heavy atom. The van der Waals surface area contributed by atoms with Crippen LogP contribution in [-0.4, -0.2) is 25.2 Å². The Morgan fingerprint density at radius 3 is 1.77 bits per heavy atom. The van der Waals surface area contributed by atoms with Crippen LogP contribution in [0.2, 0.25) is 5.02 Å². The molecule has 0 saturated carbocycles. The van der Waals surface area contributed by atoms with E-state index in [1.54, 1.807) is 24.3 Å². The van der Waals surface area contributed by atoms with E-state index in [1.807, 2.05) is 27.7 Å². The number of rotatable bonds is 9. The molecule has 0 aliphatic rings. The normalized spacial score (nSPS) is 11.3. The highest BCUT2D eigenvalue weighted by molar-refractivity contribution is 6.30. The van der Waals surface area contributed by atoms with Crippen molar-refractivity contribution in [2.75, 3.05) is 13.2 Å². The van der Waals surface area contributed by atoms with E-state index in [1.165, 1.54) is 0 Å². The standard InChI is InChI=1S/C20H26ClNO4/c1-14(2)11-25-18(23)9-20(13-22,10-19(24)26-12-15(3)4)16-5-7-17(21)8-6-16/h5-8,14-15H,9-12H2,1-4H3. The summed E-state index contributed by atoms with van der Waals surface area (Å²) in [5.74, 6) is -0.678. The summed E-state index contributed by atoms with van der Waals surface area (Å²) in [7, 11) is 0. The maximum Gasteiger partial charge on any atom is 0.307 e. The maximum absolute atomic E-state index is 12.3. The Bertz CT molecular complexity index is 621. The van der Waals surface area contributed by atoms with Gasteiger partial charge in [-0.2, -0.15) is 5.26 Å². The summed E-state index contributed by atoms with van der Waals surface area (Å²) in [6, 6.07) is 8.70. The van der Waals surface area contributed by atoms with Gasteiger partial charge in [-0.25, -0.2) is 0 Å². The lowest BCUT2D eigenvalue weighted by Gasteiger charge is -2.26. The summed E-state index contributed by atoms with van der Waals surface area (Å²) in [5, 5.41) is 10.4. The van der Waals surface area contributed by atoms with Gasteiger partial charge < -0.3 is 9.47 Å². The summed E-state index contributed by atoms with van der Waals surface area (Å²) in [6.45, 7) is 8.22. The van der Waals surface area contributed by atoms with Crippen molar-refractivity contribution in [2.24, 2.45) is 11.8 Å². The molecule has 0 N–H and O–H groups in total. The number of ether oxygens (including phenoxy) is 2. The largest absolute Gasteiger partial charge is 0.465 e. The number of benzene rings is 1. The smallest absolute Gasteiger partial charge is 0.307 e. The summed E-state index contributed by atoms with van der Waals surface area (Å²) < 4.78 is 10.4. The van der Waals surface area contributed by atoms with E-state index >= 15 is 0 Å². The van der Waals surface area contributed by atoms with Gasteiger partial charge in [-0.05, 0) is 29.5 Å². The molecule has 0 saturated heterocycles. The highest BCUT2D eigenvalue weighted by Gasteiger charge is 2.39. The zero-order valence-electron chi connectivity index (χ0n) is 15.8. The molecular weight excluding hydrogens is 354 g/mol. The van der Waals surface area contributed by atoms with Gasteiger partial charge >= 0.3 is 11.9 Å². The van der Waals surface area contributed by atoms with Crippen LogP contribution in [0.15, 0.2) is 24.3 Å². The fraction of sp³-hybridized carbons (Fsp3) is 0.550. The number of hydrogen-bond acceptors (Lipinski definition) is 5. The van der Waals surface area contributed by atoms with Crippen molar-refractivity contribution >= 4 is 23.5 Å². The molecule has 0 unspecified atom stereocenters. The fourth-order valence-corrected chi connectivity index (χ4v) is 2.42. The Balaban J connectivity index is 3.05. The van der Waals surface area contributed by atoms with Gasteiger partial charge in [0.1, 0.15) is 5.41 Å². The van der Waals surface area contributed by atoms with Crippen LogP contribution in [-0.2, 0) is 24.5 Å². The van der Waals surface area contributed by atoms with Crippen molar-refractivity contribution in [1.82, 2.24) is 0 Å². The average Bonchev–Trinajstić information content (AvgIpc) is 2.58. The summed E-state index contributed by atoms with van der Waals surface area (Å²) in [5.41, 5.74) is -0.820. The van der Waals surface area contributed by atoms with E-state index in [4.69, 9.17) is 21.1 Å². The van der Waals surface area contributed by atoms with Crippen LogP contribution >= 0.6 is 11.6 Å². The monoisotopic (exact) mass is 379 g/mol. The average molecular weight is 380 g/mol. The lowest BCUT2D eigenvalue weighted by atomic mass is 9.76. The van der Waals surface area contributed by atoms with Gasteiger partial charge in [0, 0.05) is 5.02 Å². The van der Waals surface area contributed by atoms with Gasteiger partial charge in [-0.15, -0.1) is 0 Å². The number of carbonyl (C=O) groups excluding carboxylic acids is 2. The zero-order valence-corrected chi connectivity index (χ0v) is 16.5. The molecule has 1 aromatic carbocycles. The minimum absolute atomic E-state index is 0.182. The molecule has 1 rings (SSSR count). The lowest BCUT2D eigenvalue weighted by molar-refractivity contribution is -0.148. The second-order valence-electron chi connectivity index (χ2n) is 7.21. The Labute approximate surface area is 160 Å². The second-order valence-corrected chi connectivity index (χ2v) is 7.64. The third-order valence-corrected chi connectivity index (χ3v) is 3.91. The van der Waals surface area contributed by atoms with Crippen molar-refractivity contribution in [1.29, 1.82) is 5.26 Å². The van der Waals surface area contributed by atoms with Crippen LogP contribution in [0.5, 0.6) is 0 Å². The summed E-state index contributed by atoms with van der Waals surface area (Å²) in [6.07, 6.45) is -0.455. The number of hydrogen-bond donors (Lipinski definition) is 0. The van der Waals surface area contributed by atoms with E-state index in [-0.39, 0.29) is 37.9 Å². The van der Waals surface area contributed by atoms with Crippen molar-refractivity contribution < 1.29 is 19.1 Å². The predicted octanol–water partition coefficient (Wildman–Crippen LogP) is 4.28. The third-order valence-electron chi connectivity index (χ3n) is 3.66. The molecule has 0 spiro atoms. The molecule has 0 bridgehead atoms. The molecule has 0 aromatic heterocycles. The van der Waals surface area contributed by atoms with E-state index in [2.05, 4.69) is 6.07 Å². The Hall–Kier alpha value is -2.06. The molecule has 0 aliphatic carbocycles. The second kappa shape index (κ2) is 10.2. The molecule has 0 fully saturated rings. The van der Waals surface area contributed by atoms with Crippen molar-refractivity contribution in [3.63, 3.8) is 0 Å². The van der Waals surface area contributed by atoms with Crippen LogP contribution in [0.25, 0.3) is 0 Å². The molecule has 0 amide bonds.